The van der Waals surface area contributed by atoms with Crippen molar-refractivity contribution in [3.8, 4) is 0 Å². The van der Waals surface area contributed by atoms with Gasteiger partial charge in [0.2, 0.25) is 0 Å². The van der Waals surface area contributed by atoms with Crippen molar-refractivity contribution >= 4 is 39.7 Å². The van der Waals surface area contributed by atoms with Gasteiger partial charge in [-0.15, -0.1) is 0 Å². The molecule has 2 heterocycles. The maximum absolute atomic E-state index is 13.4. The van der Waals surface area contributed by atoms with Crippen LogP contribution < -0.4 is 4.90 Å². The van der Waals surface area contributed by atoms with Crippen LogP contribution in [0.25, 0.3) is 16.5 Å². The summed E-state index contributed by atoms with van der Waals surface area (Å²) in [5, 5.41) is 13.2. The molecule has 1 aromatic heterocycles. The van der Waals surface area contributed by atoms with Gasteiger partial charge >= 0.3 is 6.18 Å². The van der Waals surface area contributed by atoms with Gasteiger partial charge in [-0.25, -0.2) is 0 Å². The monoisotopic (exact) mass is 436 g/mol. The molecule has 0 radical (unpaired) electrons. The molecule has 30 heavy (non-hydrogen) atoms. The molecule has 0 amide bonds. The molecular weight excluding hydrogens is 421 g/mol. The van der Waals surface area contributed by atoms with Crippen LogP contribution in [-0.2, 0) is 6.18 Å². The highest BCUT2D eigenvalue weighted by Gasteiger charge is 2.35. The molecule has 0 fully saturated rings. The minimum atomic E-state index is -4.52. The minimum Gasteiger partial charge on any atom is -0.388 e. The number of Topliss-reactive ketones (excluding diaryl/α,β-unsaturated/α-hetero) is 1. The van der Waals surface area contributed by atoms with Crippen molar-refractivity contribution in [2.75, 3.05) is 24.6 Å². The molecular formula is C21H16ClF3N2O3. The Bertz CT molecular complexity index is 1150. The molecule has 156 valence electrons. The molecule has 1 N–H and O–H groups in total. The van der Waals surface area contributed by atoms with E-state index >= 15 is 0 Å². The third-order valence-corrected chi connectivity index (χ3v) is 5.39. The normalized spacial score (nSPS) is 14.8. The largest absolute Gasteiger partial charge is 0.417 e. The van der Waals surface area contributed by atoms with E-state index in [9.17, 15) is 18.0 Å². The highest BCUT2D eigenvalue weighted by molar-refractivity contribution is 6.32. The Kier molecular flexibility index (Phi) is 5.29. The summed E-state index contributed by atoms with van der Waals surface area (Å²) in [7, 11) is 0. The first-order valence-electron chi connectivity index (χ1n) is 9.13. The number of aromatic nitrogens is 1. The summed E-state index contributed by atoms with van der Waals surface area (Å²) in [4.78, 5) is 13.3. The highest BCUT2D eigenvalue weighted by atomic mass is 35.5. The van der Waals surface area contributed by atoms with Crippen LogP contribution in [0.15, 0.2) is 47.0 Å². The average Bonchev–Trinajstić information content (AvgIpc) is 3.16. The lowest BCUT2D eigenvalue weighted by Crippen LogP contribution is -2.29. The zero-order valence-electron chi connectivity index (χ0n) is 15.5. The molecule has 0 unspecified atom stereocenters. The van der Waals surface area contributed by atoms with Gasteiger partial charge in [-0.3, -0.25) is 4.79 Å². The number of aliphatic hydroxyl groups excluding tert-OH is 1. The second kappa shape index (κ2) is 7.77. The van der Waals surface area contributed by atoms with Gasteiger partial charge in [-0.05, 0) is 35.8 Å². The molecule has 4 rings (SSSR count). The van der Waals surface area contributed by atoms with Gasteiger partial charge < -0.3 is 14.5 Å². The van der Waals surface area contributed by atoms with E-state index in [4.69, 9.17) is 21.2 Å². The van der Waals surface area contributed by atoms with Crippen LogP contribution in [0, 0.1) is 0 Å². The first-order valence-corrected chi connectivity index (χ1v) is 9.51. The fraction of sp³-hybridized carbons (Fsp3) is 0.238. The van der Waals surface area contributed by atoms with Crippen LogP contribution in [0.3, 0.4) is 0 Å². The Labute approximate surface area is 174 Å². The van der Waals surface area contributed by atoms with Gasteiger partial charge in [0.15, 0.2) is 17.2 Å². The van der Waals surface area contributed by atoms with E-state index in [0.29, 0.717) is 30.1 Å². The number of rotatable bonds is 4. The van der Waals surface area contributed by atoms with E-state index in [-0.39, 0.29) is 16.8 Å². The summed E-state index contributed by atoms with van der Waals surface area (Å²) in [6, 6.07) is 8.57. The SMILES string of the molecule is O=C(CO)c1ccc(C2=CCN(c3noc4cccc(C(F)(F)F)c34)CC2)c(Cl)c1. The van der Waals surface area contributed by atoms with Gasteiger partial charge in [-0.1, -0.05) is 41.0 Å². The van der Waals surface area contributed by atoms with Crippen molar-refractivity contribution in [1.29, 1.82) is 0 Å². The van der Waals surface area contributed by atoms with E-state index in [0.717, 1.165) is 17.2 Å². The zero-order valence-corrected chi connectivity index (χ0v) is 16.3. The van der Waals surface area contributed by atoms with E-state index in [2.05, 4.69) is 5.16 Å². The van der Waals surface area contributed by atoms with Gasteiger partial charge in [0, 0.05) is 23.7 Å². The van der Waals surface area contributed by atoms with E-state index in [1.54, 1.807) is 17.0 Å². The van der Waals surface area contributed by atoms with Crippen LogP contribution in [0.1, 0.15) is 27.9 Å². The molecule has 0 saturated heterocycles. The predicted molar refractivity (Wildman–Crippen MR) is 107 cm³/mol. The number of ketones is 1. The maximum Gasteiger partial charge on any atom is 0.417 e. The molecule has 0 aliphatic carbocycles. The molecule has 1 aliphatic heterocycles. The van der Waals surface area contributed by atoms with Crippen molar-refractivity contribution in [2.45, 2.75) is 12.6 Å². The lowest BCUT2D eigenvalue weighted by molar-refractivity contribution is -0.136. The predicted octanol–water partition coefficient (Wildman–Crippen LogP) is 4.97. The second-order valence-corrected chi connectivity index (χ2v) is 7.29. The second-order valence-electron chi connectivity index (χ2n) is 6.88. The zero-order chi connectivity index (χ0) is 21.5. The van der Waals surface area contributed by atoms with Crippen molar-refractivity contribution in [3.63, 3.8) is 0 Å². The summed E-state index contributed by atoms with van der Waals surface area (Å²) in [6.07, 6.45) is -2.12. The van der Waals surface area contributed by atoms with Gasteiger partial charge in [0.1, 0.15) is 6.61 Å². The number of hydrogen-bond acceptors (Lipinski definition) is 5. The lowest BCUT2D eigenvalue weighted by Gasteiger charge is -2.27. The Morgan fingerprint density at radius 2 is 2.07 bits per heavy atom. The third kappa shape index (κ3) is 3.68. The standard InChI is InChI=1S/C21H16ClF3N2O3/c22-16-10-13(17(29)11-28)4-5-14(16)12-6-8-27(9-7-12)20-19-15(21(23,24)25)2-1-3-18(19)30-26-20/h1-6,10,28H,7-9,11H2. The van der Waals surface area contributed by atoms with Crippen LogP contribution in [0.2, 0.25) is 5.02 Å². The molecule has 0 spiro atoms. The maximum atomic E-state index is 13.4. The van der Waals surface area contributed by atoms with Crippen LogP contribution in [0.4, 0.5) is 19.0 Å². The van der Waals surface area contributed by atoms with Crippen molar-refractivity contribution < 1.29 is 27.6 Å². The number of benzene rings is 2. The van der Waals surface area contributed by atoms with Crippen molar-refractivity contribution in [3.05, 3.63) is 64.2 Å². The molecule has 2 aromatic carbocycles. The Morgan fingerprint density at radius 3 is 2.70 bits per heavy atom. The Balaban J connectivity index is 1.63. The van der Waals surface area contributed by atoms with E-state index in [1.165, 1.54) is 18.2 Å². The van der Waals surface area contributed by atoms with Gasteiger partial charge in [-0.2, -0.15) is 13.2 Å². The molecule has 0 saturated carbocycles. The minimum absolute atomic E-state index is 0.0493. The molecule has 0 atom stereocenters. The smallest absolute Gasteiger partial charge is 0.388 e. The van der Waals surface area contributed by atoms with Crippen LogP contribution in [0.5, 0.6) is 0 Å². The topological polar surface area (TPSA) is 66.6 Å². The third-order valence-electron chi connectivity index (χ3n) is 5.07. The molecule has 3 aromatic rings. The number of nitrogens with zero attached hydrogens (tertiary/aromatic N) is 2. The molecule has 1 aliphatic rings. The quantitative estimate of drug-likeness (QED) is 0.585. The summed E-state index contributed by atoms with van der Waals surface area (Å²) in [5.41, 5.74) is 1.29. The fourth-order valence-corrected chi connectivity index (χ4v) is 3.88. The van der Waals surface area contributed by atoms with Crippen LogP contribution in [-0.4, -0.2) is 35.7 Å². The number of fused-ring (bicyclic) bond motifs is 1. The molecule has 9 heteroatoms. The summed E-state index contributed by atoms with van der Waals surface area (Å²) < 4.78 is 45.4. The van der Waals surface area contributed by atoms with Crippen molar-refractivity contribution in [1.82, 2.24) is 5.16 Å². The molecule has 0 bridgehead atoms. The van der Waals surface area contributed by atoms with Gasteiger partial charge in [0.05, 0.1) is 10.9 Å². The Morgan fingerprint density at radius 1 is 1.27 bits per heavy atom. The van der Waals surface area contributed by atoms with Crippen molar-refractivity contribution in [2.24, 2.45) is 0 Å². The fourth-order valence-electron chi connectivity index (χ4n) is 3.57. The van der Waals surface area contributed by atoms with E-state index in [1.807, 2.05) is 6.08 Å². The number of hydrogen-bond donors (Lipinski definition) is 1. The number of alkyl halides is 3. The summed E-state index contributed by atoms with van der Waals surface area (Å²) in [5.74, 6) is -0.270. The number of carbonyl (C=O) groups excluding carboxylic acids is 1. The van der Waals surface area contributed by atoms with Crippen LogP contribution >= 0.6 is 11.6 Å². The number of carbonyl (C=O) groups is 1. The number of anilines is 1. The summed E-state index contributed by atoms with van der Waals surface area (Å²) in [6.45, 7) is 0.156. The number of aliphatic hydroxyl groups is 1. The Hall–Kier alpha value is -2.84. The van der Waals surface area contributed by atoms with E-state index < -0.39 is 24.1 Å². The lowest BCUT2D eigenvalue weighted by atomic mass is 9.97. The average molecular weight is 437 g/mol. The first-order chi connectivity index (χ1) is 14.3. The summed E-state index contributed by atoms with van der Waals surface area (Å²) >= 11 is 6.31. The number of halogens is 4. The highest BCUT2D eigenvalue weighted by Crippen LogP contribution is 2.40. The molecule has 5 nitrogen and oxygen atoms in total. The van der Waals surface area contributed by atoms with Gasteiger partial charge in [0.25, 0.3) is 0 Å². The first kappa shape index (κ1) is 20.4.